The van der Waals surface area contributed by atoms with Gasteiger partial charge in [0.2, 0.25) is 0 Å². The van der Waals surface area contributed by atoms with Gasteiger partial charge in [-0.1, -0.05) is 39.0 Å². The normalized spacial score (nSPS) is 11.2. The van der Waals surface area contributed by atoms with Gasteiger partial charge in [-0.05, 0) is 6.42 Å². The molecule has 0 fully saturated rings. The van der Waals surface area contributed by atoms with Crippen LogP contribution in [0.15, 0.2) is 0 Å². The van der Waals surface area contributed by atoms with E-state index in [1.54, 1.807) is 0 Å². The molecule has 0 N–H and O–H groups in total. The van der Waals surface area contributed by atoms with Crippen LogP contribution in [0, 0.1) is 0 Å². The molecule has 3 heteroatoms. The third-order valence-electron chi connectivity index (χ3n) is 2.55. The molecule has 0 bridgehead atoms. The van der Waals surface area contributed by atoms with E-state index >= 15 is 0 Å². The Hall–Kier alpha value is 0.400. The third kappa shape index (κ3) is 16.8. The van der Waals surface area contributed by atoms with Crippen molar-refractivity contribution in [2.75, 3.05) is 40.9 Å². The summed E-state index contributed by atoms with van der Waals surface area (Å²) in [7, 11) is 6.61. The molecule has 0 heterocycles. The fourth-order valence-corrected chi connectivity index (χ4v) is 1.42. The van der Waals surface area contributed by atoms with Crippen LogP contribution in [0.4, 0.5) is 0 Å². The Kier molecular flexibility index (Phi) is 13.9. The second-order valence-corrected chi connectivity index (χ2v) is 5.39. The average Bonchev–Trinajstić information content (AvgIpc) is 2.14. The molecule has 0 aliphatic heterocycles. The Labute approximate surface area is 113 Å². The van der Waals surface area contributed by atoms with E-state index in [9.17, 15) is 0 Å². The smallest absolute Gasteiger partial charge is 0.102 e. The number of nitrogens with zero attached hydrogens (tertiary/aromatic N) is 1. The third-order valence-corrected chi connectivity index (χ3v) is 2.55. The SMILES string of the molecule is CCCCCCCCOCC[N+](C)(C)C.[Br-]. The minimum atomic E-state index is 0. The van der Waals surface area contributed by atoms with E-state index in [4.69, 9.17) is 4.74 Å². The first-order valence-electron chi connectivity index (χ1n) is 6.44. The Bertz CT molecular complexity index is 134. The molecular formula is C13H30BrNO. The highest BCUT2D eigenvalue weighted by Crippen LogP contribution is 2.04. The minimum absolute atomic E-state index is 0. The molecule has 0 aromatic heterocycles. The standard InChI is InChI=1S/C13H30NO.BrH/c1-5-6-7-8-9-10-12-15-13-11-14(2,3)4;/h5-13H2,1-4H3;1H/q+1;/p-1. The first-order chi connectivity index (χ1) is 7.06. The lowest BCUT2D eigenvalue weighted by Gasteiger charge is -2.23. The molecule has 0 unspecified atom stereocenters. The number of unbranched alkanes of at least 4 members (excludes halogenated alkanes) is 5. The molecule has 2 nitrogen and oxygen atoms in total. The number of hydrogen-bond donors (Lipinski definition) is 0. The topological polar surface area (TPSA) is 9.23 Å². The van der Waals surface area contributed by atoms with Gasteiger partial charge in [0.05, 0.1) is 27.7 Å². The van der Waals surface area contributed by atoms with Crippen LogP contribution in [0.25, 0.3) is 0 Å². The summed E-state index contributed by atoms with van der Waals surface area (Å²) in [6, 6.07) is 0. The van der Waals surface area contributed by atoms with E-state index in [-0.39, 0.29) is 17.0 Å². The highest BCUT2D eigenvalue weighted by atomic mass is 79.9. The van der Waals surface area contributed by atoms with E-state index in [1.165, 1.54) is 38.5 Å². The minimum Gasteiger partial charge on any atom is -1.00 e. The Morgan fingerprint density at radius 3 is 1.94 bits per heavy atom. The van der Waals surface area contributed by atoms with Gasteiger partial charge in [-0.2, -0.15) is 0 Å². The fourth-order valence-electron chi connectivity index (χ4n) is 1.42. The highest BCUT2D eigenvalue weighted by Gasteiger charge is 2.05. The van der Waals surface area contributed by atoms with Crippen LogP contribution in [0.1, 0.15) is 45.4 Å². The van der Waals surface area contributed by atoms with Crippen molar-refractivity contribution in [2.24, 2.45) is 0 Å². The van der Waals surface area contributed by atoms with E-state index < -0.39 is 0 Å². The highest BCUT2D eigenvalue weighted by molar-refractivity contribution is 4.43. The quantitative estimate of drug-likeness (QED) is 0.410. The summed E-state index contributed by atoms with van der Waals surface area (Å²) in [6.07, 6.45) is 8.08. The Morgan fingerprint density at radius 1 is 0.812 bits per heavy atom. The van der Waals surface area contributed by atoms with Crippen molar-refractivity contribution in [3.05, 3.63) is 0 Å². The number of halogens is 1. The van der Waals surface area contributed by atoms with Gasteiger partial charge in [-0.25, -0.2) is 0 Å². The molecule has 0 atom stereocenters. The number of ether oxygens (including phenoxy) is 1. The van der Waals surface area contributed by atoms with Gasteiger partial charge in [0.15, 0.2) is 0 Å². The summed E-state index contributed by atoms with van der Waals surface area (Å²) >= 11 is 0. The zero-order valence-electron chi connectivity index (χ0n) is 11.6. The van der Waals surface area contributed by atoms with Gasteiger partial charge in [0.25, 0.3) is 0 Å². The molecule has 0 spiro atoms. The second-order valence-electron chi connectivity index (χ2n) is 5.39. The maximum Gasteiger partial charge on any atom is 0.102 e. The molecule has 0 aromatic carbocycles. The van der Waals surface area contributed by atoms with Gasteiger partial charge in [0.1, 0.15) is 6.54 Å². The Balaban J connectivity index is 0. The van der Waals surface area contributed by atoms with Gasteiger partial charge in [-0.15, -0.1) is 0 Å². The lowest BCUT2D eigenvalue weighted by Crippen LogP contribution is -3.00. The number of likely N-dealkylation sites (N-methyl/N-ethyl adjacent to an activating group) is 1. The molecule has 0 amide bonds. The van der Waals surface area contributed by atoms with Crippen molar-refractivity contribution >= 4 is 0 Å². The van der Waals surface area contributed by atoms with Crippen LogP contribution in [-0.2, 0) is 4.74 Å². The summed E-state index contributed by atoms with van der Waals surface area (Å²) in [4.78, 5) is 0. The number of quaternary nitrogens is 1. The predicted octanol–water partition coefficient (Wildman–Crippen LogP) is 0.0737. The lowest BCUT2D eigenvalue weighted by molar-refractivity contribution is -0.870. The molecule has 0 saturated heterocycles. The zero-order chi connectivity index (χ0) is 11.6. The van der Waals surface area contributed by atoms with E-state index in [2.05, 4.69) is 28.1 Å². The summed E-state index contributed by atoms with van der Waals surface area (Å²) in [6.45, 7) is 5.22. The maximum absolute atomic E-state index is 5.60. The van der Waals surface area contributed by atoms with Crippen molar-refractivity contribution in [3.8, 4) is 0 Å². The van der Waals surface area contributed by atoms with E-state index in [0.717, 1.165) is 24.2 Å². The summed E-state index contributed by atoms with van der Waals surface area (Å²) in [5, 5.41) is 0. The molecule has 0 rings (SSSR count). The second kappa shape index (κ2) is 11.9. The fraction of sp³-hybridized carbons (Fsp3) is 1.00. The van der Waals surface area contributed by atoms with Crippen LogP contribution in [-0.4, -0.2) is 45.4 Å². The average molecular weight is 296 g/mol. The molecule has 100 valence electrons. The van der Waals surface area contributed by atoms with Gasteiger partial charge in [0, 0.05) is 6.61 Å². The van der Waals surface area contributed by atoms with Crippen molar-refractivity contribution in [3.63, 3.8) is 0 Å². The Morgan fingerprint density at radius 2 is 1.38 bits per heavy atom. The van der Waals surface area contributed by atoms with Crippen LogP contribution >= 0.6 is 0 Å². The van der Waals surface area contributed by atoms with Crippen molar-refractivity contribution in [1.82, 2.24) is 0 Å². The van der Waals surface area contributed by atoms with E-state index in [1.807, 2.05) is 0 Å². The monoisotopic (exact) mass is 295 g/mol. The zero-order valence-corrected chi connectivity index (χ0v) is 13.2. The van der Waals surface area contributed by atoms with Crippen molar-refractivity contribution in [2.45, 2.75) is 45.4 Å². The van der Waals surface area contributed by atoms with Crippen molar-refractivity contribution in [1.29, 1.82) is 0 Å². The number of hydrogen-bond acceptors (Lipinski definition) is 1. The largest absolute Gasteiger partial charge is 1.00 e. The first-order valence-corrected chi connectivity index (χ1v) is 6.44. The van der Waals surface area contributed by atoms with Crippen LogP contribution in [0.2, 0.25) is 0 Å². The van der Waals surface area contributed by atoms with Gasteiger partial charge < -0.3 is 26.2 Å². The molecule has 0 radical (unpaired) electrons. The maximum atomic E-state index is 5.60. The van der Waals surface area contributed by atoms with Crippen molar-refractivity contribution < 1.29 is 26.2 Å². The molecule has 0 aromatic rings. The molecular weight excluding hydrogens is 266 g/mol. The van der Waals surface area contributed by atoms with Gasteiger partial charge >= 0.3 is 0 Å². The first kappa shape index (κ1) is 18.8. The molecule has 0 aliphatic rings. The molecule has 0 saturated carbocycles. The van der Waals surface area contributed by atoms with Crippen LogP contribution < -0.4 is 17.0 Å². The molecule has 16 heavy (non-hydrogen) atoms. The summed E-state index contributed by atoms with van der Waals surface area (Å²) in [5.74, 6) is 0. The van der Waals surface area contributed by atoms with Crippen LogP contribution in [0.3, 0.4) is 0 Å². The lowest BCUT2D eigenvalue weighted by atomic mass is 10.1. The predicted molar refractivity (Wildman–Crippen MR) is 67.1 cm³/mol. The summed E-state index contributed by atoms with van der Waals surface area (Å²) < 4.78 is 6.60. The van der Waals surface area contributed by atoms with Gasteiger partial charge in [-0.3, -0.25) is 0 Å². The van der Waals surface area contributed by atoms with E-state index in [0.29, 0.717) is 0 Å². The number of rotatable bonds is 10. The summed E-state index contributed by atoms with van der Waals surface area (Å²) in [5.41, 5.74) is 0. The van der Waals surface area contributed by atoms with Crippen LogP contribution in [0.5, 0.6) is 0 Å². The molecule has 0 aliphatic carbocycles.